The summed E-state index contributed by atoms with van der Waals surface area (Å²) in [5, 5.41) is 12.3. The molecule has 7 heteroatoms. The number of pyridine rings is 1. The van der Waals surface area contributed by atoms with Crippen LogP contribution in [0.3, 0.4) is 0 Å². The lowest BCUT2D eigenvalue weighted by atomic mass is 10.3. The van der Waals surface area contributed by atoms with Gasteiger partial charge in [0.15, 0.2) is 11.5 Å². The molecule has 2 aromatic heterocycles. The first-order valence-electron chi connectivity index (χ1n) is 5.99. The summed E-state index contributed by atoms with van der Waals surface area (Å²) >= 11 is 5.82. The molecule has 21 heavy (non-hydrogen) atoms. The molecule has 0 saturated carbocycles. The molecule has 0 aliphatic rings. The molecular formula is C14H9ClFN3O2. The molecule has 3 rings (SSSR count). The van der Waals surface area contributed by atoms with Crippen molar-refractivity contribution in [2.24, 2.45) is 0 Å². The highest BCUT2D eigenvalue weighted by molar-refractivity contribution is 6.30. The van der Waals surface area contributed by atoms with Gasteiger partial charge in [-0.05, 0) is 30.3 Å². The van der Waals surface area contributed by atoms with Gasteiger partial charge in [-0.2, -0.15) is 0 Å². The third-order valence-corrected chi connectivity index (χ3v) is 3.15. The van der Waals surface area contributed by atoms with Crippen LogP contribution in [-0.2, 0) is 0 Å². The summed E-state index contributed by atoms with van der Waals surface area (Å²) in [5.74, 6) is -1.67. The van der Waals surface area contributed by atoms with E-state index in [1.165, 1.54) is 22.6 Å². The number of halogens is 2. The number of nitrogens with zero attached hydrogens (tertiary/aromatic N) is 2. The lowest BCUT2D eigenvalue weighted by Crippen LogP contribution is -2.05. The minimum Gasteiger partial charge on any atom is -0.476 e. The zero-order chi connectivity index (χ0) is 15.0. The third kappa shape index (κ3) is 2.41. The highest BCUT2D eigenvalue weighted by Crippen LogP contribution is 2.26. The summed E-state index contributed by atoms with van der Waals surface area (Å²) in [7, 11) is 0. The molecule has 0 fully saturated rings. The van der Waals surface area contributed by atoms with E-state index < -0.39 is 11.8 Å². The molecule has 0 bridgehead atoms. The Kier molecular flexibility index (Phi) is 3.23. The average Bonchev–Trinajstić information content (AvgIpc) is 2.80. The van der Waals surface area contributed by atoms with Gasteiger partial charge in [-0.1, -0.05) is 17.7 Å². The highest BCUT2D eigenvalue weighted by atomic mass is 35.5. The van der Waals surface area contributed by atoms with E-state index in [1.54, 1.807) is 24.4 Å². The fourth-order valence-electron chi connectivity index (χ4n) is 2.01. The van der Waals surface area contributed by atoms with Crippen molar-refractivity contribution in [2.75, 3.05) is 5.32 Å². The zero-order valence-electron chi connectivity index (χ0n) is 10.5. The molecule has 0 atom stereocenters. The second-order valence-corrected chi connectivity index (χ2v) is 4.73. The lowest BCUT2D eigenvalue weighted by molar-refractivity contribution is 0.0690. The average molecular weight is 306 g/mol. The van der Waals surface area contributed by atoms with Crippen LogP contribution in [0.25, 0.3) is 5.65 Å². The van der Waals surface area contributed by atoms with Gasteiger partial charge in [0.05, 0.1) is 5.69 Å². The summed E-state index contributed by atoms with van der Waals surface area (Å²) in [6.07, 6.45) is 1.57. The van der Waals surface area contributed by atoms with Gasteiger partial charge in [-0.15, -0.1) is 0 Å². The summed E-state index contributed by atoms with van der Waals surface area (Å²) < 4.78 is 15.2. The fourth-order valence-corrected chi connectivity index (χ4v) is 2.18. The Bertz CT molecular complexity index is 847. The van der Waals surface area contributed by atoms with Gasteiger partial charge < -0.3 is 10.4 Å². The van der Waals surface area contributed by atoms with Gasteiger partial charge in [0.2, 0.25) is 0 Å². The fraction of sp³-hybridized carbons (Fsp3) is 0. The number of hydrogen-bond donors (Lipinski definition) is 2. The largest absolute Gasteiger partial charge is 0.476 e. The van der Waals surface area contributed by atoms with E-state index in [1.807, 2.05) is 0 Å². The zero-order valence-corrected chi connectivity index (χ0v) is 11.3. The van der Waals surface area contributed by atoms with Gasteiger partial charge >= 0.3 is 5.97 Å². The number of fused-ring (bicyclic) bond motifs is 1. The number of imidazole rings is 1. The molecule has 2 heterocycles. The molecule has 0 amide bonds. The summed E-state index contributed by atoms with van der Waals surface area (Å²) in [4.78, 5) is 15.6. The van der Waals surface area contributed by atoms with E-state index in [4.69, 9.17) is 11.6 Å². The van der Waals surface area contributed by atoms with E-state index in [9.17, 15) is 14.3 Å². The first kappa shape index (κ1) is 13.4. The molecule has 0 radical (unpaired) electrons. The number of carboxylic acid groups (broad SMARTS) is 1. The number of aromatic carboxylic acids is 1. The number of carboxylic acids is 1. The maximum atomic E-state index is 13.7. The second-order valence-electron chi connectivity index (χ2n) is 4.29. The molecule has 5 nitrogen and oxygen atoms in total. The number of rotatable bonds is 3. The number of benzene rings is 1. The SMILES string of the molecule is O=C(O)c1c(Nc2cc(Cl)ccc2F)nc2ccccn12. The summed E-state index contributed by atoms with van der Waals surface area (Å²) in [6, 6.07) is 9.05. The number of nitrogens with one attached hydrogen (secondary N) is 1. The lowest BCUT2D eigenvalue weighted by Gasteiger charge is -2.06. The molecule has 0 spiro atoms. The number of carbonyl (C=O) groups is 1. The van der Waals surface area contributed by atoms with E-state index in [-0.39, 0.29) is 17.2 Å². The van der Waals surface area contributed by atoms with E-state index >= 15 is 0 Å². The van der Waals surface area contributed by atoms with Crippen molar-refractivity contribution in [3.63, 3.8) is 0 Å². The molecule has 3 aromatic rings. The van der Waals surface area contributed by atoms with Crippen LogP contribution in [-0.4, -0.2) is 20.5 Å². The van der Waals surface area contributed by atoms with Crippen LogP contribution in [0.15, 0.2) is 42.6 Å². The van der Waals surface area contributed by atoms with E-state index in [0.717, 1.165) is 0 Å². The van der Waals surface area contributed by atoms with Gasteiger partial charge in [0.1, 0.15) is 11.5 Å². The van der Waals surface area contributed by atoms with Crippen LogP contribution in [0.2, 0.25) is 5.02 Å². The number of hydrogen-bond acceptors (Lipinski definition) is 3. The van der Waals surface area contributed by atoms with Crippen molar-refractivity contribution in [3.8, 4) is 0 Å². The Hall–Kier alpha value is -2.60. The van der Waals surface area contributed by atoms with Crippen LogP contribution in [0.5, 0.6) is 0 Å². The number of anilines is 2. The van der Waals surface area contributed by atoms with Crippen molar-refractivity contribution in [1.82, 2.24) is 9.38 Å². The Morgan fingerprint density at radius 2 is 2.14 bits per heavy atom. The Balaban J connectivity index is 2.14. The van der Waals surface area contributed by atoms with E-state index in [2.05, 4.69) is 10.3 Å². The predicted octanol–water partition coefficient (Wildman–Crippen LogP) is 3.57. The minimum atomic E-state index is -1.17. The normalized spacial score (nSPS) is 10.8. The van der Waals surface area contributed by atoms with Crippen molar-refractivity contribution in [3.05, 3.63) is 59.1 Å². The van der Waals surface area contributed by atoms with Gasteiger partial charge in [-0.3, -0.25) is 4.40 Å². The molecule has 0 aliphatic heterocycles. The monoisotopic (exact) mass is 305 g/mol. The third-order valence-electron chi connectivity index (χ3n) is 2.91. The van der Waals surface area contributed by atoms with Crippen LogP contribution in [0.1, 0.15) is 10.5 Å². The first-order chi connectivity index (χ1) is 10.1. The smallest absolute Gasteiger partial charge is 0.356 e. The van der Waals surface area contributed by atoms with Crippen molar-refractivity contribution < 1.29 is 14.3 Å². The van der Waals surface area contributed by atoms with Crippen LogP contribution in [0.4, 0.5) is 15.9 Å². The Morgan fingerprint density at radius 3 is 2.90 bits per heavy atom. The maximum absolute atomic E-state index is 13.7. The second kappa shape index (κ2) is 5.06. The maximum Gasteiger partial charge on any atom is 0.356 e. The molecule has 0 aliphatic carbocycles. The number of aromatic nitrogens is 2. The van der Waals surface area contributed by atoms with E-state index in [0.29, 0.717) is 10.7 Å². The van der Waals surface area contributed by atoms with Gasteiger partial charge in [0.25, 0.3) is 0 Å². The van der Waals surface area contributed by atoms with Crippen molar-refractivity contribution in [2.45, 2.75) is 0 Å². The first-order valence-corrected chi connectivity index (χ1v) is 6.36. The topological polar surface area (TPSA) is 66.6 Å². The van der Waals surface area contributed by atoms with Crippen molar-refractivity contribution in [1.29, 1.82) is 0 Å². The van der Waals surface area contributed by atoms with Crippen LogP contribution >= 0.6 is 11.6 Å². The molecule has 2 N–H and O–H groups in total. The highest BCUT2D eigenvalue weighted by Gasteiger charge is 2.19. The molecule has 106 valence electrons. The van der Waals surface area contributed by atoms with Gasteiger partial charge in [-0.25, -0.2) is 14.2 Å². The molecular weight excluding hydrogens is 297 g/mol. The summed E-state index contributed by atoms with van der Waals surface area (Å²) in [6.45, 7) is 0. The quantitative estimate of drug-likeness (QED) is 0.776. The minimum absolute atomic E-state index is 0.0508. The summed E-state index contributed by atoms with van der Waals surface area (Å²) in [5.41, 5.74) is 0.429. The van der Waals surface area contributed by atoms with Crippen molar-refractivity contribution >= 4 is 34.7 Å². The molecule has 0 saturated heterocycles. The van der Waals surface area contributed by atoms with Crippen LogP contribution in [0, 0.1) is 5.82 Å². The van der Waals surface area contributed by atoms with Gasteiger partial charge in [0, 0.05) is 11.2 Å². The predicted molar refractivity (Wildman–Crippen MR) is 76.8 cm³/mol. The standard InChI is InChI=1S/C14H9ClFN3O2/c15-8-4-5-9(16)10(7-8)17-13-12(14(20)21)19-6-2-1-3-11(19)18-13/h1-7,17H,(H,20,21). The molecule has 0 unspecified atom stereocenters. The van der Waals surface area contributed by atoms with Crippen LogP contribution < -0.4 is 5.32 Å². The molecule has 1 aromatic carbocycles. The Labute approximate surface area is 123 Å². The Morgan fingerprint density at radius 1 is 1.33 bits per heavy atom.